The Balaban J connectivity index is 2.35. The molecule has 0 bridgehead atoms. The van der Waals surface area contributed by atoms with E-state index in [1.165, 1.54) is 6.20 Å². The van der Waals surface area contributed by atoms with Gasteiger partial charge in [0.25, 0.3) is 5.92 Å². The van der Waals surface area contributed by atoms with E-state index in [2.05, 4.69) is 10.3 Å². The summed E-state index contributed by atoms with van der Waals surface area (Å²) in [6, 6.07) is 3.36. The highest BCUT2D eigenvalue weighted by atomic mass is 19.3. The standard InChI is InChI=1S/C14H23F2N3O/c1-2-7-14(15,16)11-20-12-5-6-13(19-10-12)18-9-4-3-8-17/h5-6,10H,2-4,7-9,11,17H2,1H3,(H,18,19). The number of alkyl halides is 2. The third-order valence-corrected chi connectivity index (χ3v) is 2.74. The lowest BCUT2D eigenvalue weighted by molar-refractivity contribution is -0.0481. The van der Waals surface area contributed by atoms with Crippen LogP contribution in [0.1, 0.15) is 32.6 Å². The lowest BCUT2D eigenvalue weighted by atomic mass is 10.2. The zero-order valence-corrected chi connectivity index (χ0v) is 11.9. The minimum Gasteiger partial charge on any atom is -0.486 e. The first-order valence-electron chi connectivity index (χ1n) is 6.98. The van der Waals surface area contributed by atoms with Crippen LogP contribution >= 0.6 is 0 Å². The molecule has 0 spiro atoms. The molecule has 4 nitrogen and oxygen atoms in total. The van der Waals surface area contributed by atoms with Crippen molar-refractivity contribution in [3.63, 3.8) is 0 Å². The summed E-state index contributed by atoms with van der Waals surface area (Å²) >= 11 is 0. The number of nitrogens with two attached hydrogens (primary N) is 1. The maximum Gasteiger partial charge on any atom is 0.281 e. The fourth-order valence-electron chi connectivity index (χ4n) is 1.68. The van der Waals surface area contributed by atoms with Crippen molar-refractivity contribution in [3.05, 3.63) is 18.3 Å². The van der Waals surface area contributed by atoms with E-state index in [9.17, 15) is 8.78 Å². The molecule has 1 heterocycles. The Morgan fingerprint density at radius 1 is 1.35 bits per heavy atom. The third-order valence-electron chi connectivity index (χ3n) is 2.74. The molecule has 3 N–H and O–H groups in total. The molecular formula is C14H23F2N3O. The number of unbranched alkanes of at least 4 members (excludes halogenated alkanes) is 1. The molecule has 0 aliphatic carbocycles. The molecule has 0 saturated carbocycles. The molecule has 20 heavy (non-hydrogen) atoms. The number of nitrogens with one attached hydrogen (secondary N) is 1. The van der Waals surface area contributed by atoms with Crippen LogP contribution in [0, 0.1) is 0 Å². The van der Waals surface area contributed by atoms with E-state index in [1.54, 1.807) is 19.1 Å². The second kappa shape index (κ2) is 8.68. The van der Waals surface area contributed by atoms with Crippen LogP contribution in [-0.2, 0) is 0 Å². The molecule has 6 heteroatoms. The van der Waals surface area contributed by atoms with Crippen molar-refractivity contribution in [2.75, 3.05) is 25.0 Å². The van der Waals surface area contributed by atoms with Crippen LogP contribution in [0.25, 0.3) is 0 Å². The topological polar surface area (TPSA) is 60.2 Å². The molecule has 0 atom stereocenters. The molecular weight excluding hydrogens is 264 g/mol. The first kappa shape index (κ1) is 16.6. The lowest BCUT2D eigenvalue weighted by Gasteiger charge is -2.16. The highest BCUT2D eigenvalue weighted by molar-refractivity contribution is 5.37. The molecule has 1 aromatic heterocycles. The molecule has 1 rings (SSSR count). The van der Waals surface area contributed by atoms with Gasteiger partial charge in [0.2, 0.25) is 0 Å². The summed E-state index contributed by atoms with van der Waals surface area (Å²) < 4.78 is 31.6. The van der Waals surface area contributed by atoms with Gasteiger partial charge in [-0.1, -0.05) is 13.3 Å². The van der Waals surface area contributed by atoms with Crippen LogP contribution in [0.4, 0.5) is 14.6 Å². The average molecular weight is 287 g/mol. The van der Waals surface area contributed by atoms with E-state index in [0.717, 1.165) is 19.4 Å². The predicted octanol–water partition coefficient (Wildman–Crippen LogP) is 3.05. The maximum atomic E-state index is 13.3. The van der Waals surface area contributed by atoms with E-state index >= 15 is 0 Å². The first-order valence-corrected chi connectivity index (χ1v) is 6.98. The molecule has 0 radical (unpaired) electrons. The Morgan fingerprint density at radius 2 is 2.15 bits per heavy atom. The number of hydrogen-bond donors (Lipinski definition) is 2. The van der Waals surface area contributed by atoms with Gasteiger partial charge in [-0.25, -0.2) is 13.8 Å². The molecule has 0 amide bonds. The second-order valence-electron chi connectivity index (χ2n) is 4.70. The van der Waals surface area contributed by atoms with E-state index in [-0.39, 0.29) is 6.42 Å². The number of hydrogen-bond acceptors (Lipinski definition) is 4. The number of aromatic nitrogens is 1. The van der Waals surface area contributed by atoms with Gasteiger partial charge in [0.15, 0.2) is 6.61 Å². The summed E-state index contributed by atoms with van der Waals surface area (Å²) in [4.78, 5) is 4.11. The number of pyridine rings is 1. The molecule has 0 aromatic carbocycles. The molecule has 1 aromatic rings. The van der Waals surface area contributed by atoms with Crippen molar-refractivity contribution < 1.29 is 13.5 Å². The quantitative estimate of drug-likeness (QED) is 0.649. The zero-order chi connectivity index (χ0) is 14.8. The summed E-state index contributed by atoms with van der Waals surface area (Å²) in [5.74, 6) is -1.73. The highest BCUT2D eigenvalue weighted by Gasteiger charge is 2.28. The Kier molecular flexibility index (Phi) is 7.22. The Bertz CT molecular complexity index is 371. The van der Waals surface area contributed by atoms with Crippen LogP contribution < -0.4 is 15.8 Å². The number of ether oxygens (including phenoxy) is 1. The average Bonchev–Trinajstić information content (AvgIpc) is 2.43. The van der Waals surface area contributed by atoms with Crippen LogP contribution in [-0.4, -0.2) is 30.6 Å². The van der Waals surface area contributed by atoms with Gasteiger partial charge in [-0.2, -0.15) is 0 Å². The summed E-state index contributed by atoms with van der Waals surface area (Å²) in [5.41, 5.74) is 5.40. The van der Waals surface area contributed by atoms with Crippen molar-refractivity contribution in [2.45, 2.75) is 38.5 Å². The Hall–Kier alpha value is -1.43. The van der Waals surface area contributed by atoms with E-state index in [1.807, 2.05) is 0 Å². The van der Waals surface area contributed by atoms with Gasteiger partial charge in [-0.3, -0.25) is 0 Å². The van der Waals surface area contributed by atoms with Gasteiger partial charge in [0, 0.05) is 13.0 Å². The minimum absolute atomic E-state index is 0.165. The smallest absolute Gasteiger partial charge is 0.281 e. The number of halogens is 2. The largest absolute Gasteiger partial charge is 0.486 e. The van der Waals surface area contributed by atoms with Gasteiger partial charge in [-0.05, 0) is 31.5 Å². The van der Waals surface area contributed by atoms with E-state index in [4.69, 9.17) is 10.5 Å². The van der Waals surface area contributed by atoms with Crippen molar-refractivity contribution in [3.8, 4) is 5.75 Å². The molecule has 0 saturated heterocycles. The highest BCUT2D eigenvalue weighted by Crippen LogP contribution is 2.22. The van der Waals surface area contributed by atoms with Crippen molar-refractivity contribution in [2.24, 2.45) is 5.73 Å². The third kappa shape index (κ3) is 6.65. The summed E-state index contributed by atoms with van der Waals surface area (Å²) in [6.07, 6.45) is 3.65. The maximum absolute atomic E-state index is 13.3. The zero-order valence-electron chi connectivity index (χ0n) is 11.9. The molecule has 0 unspecified atom stereocenters. The monoisotopic (exact) mass is 287 g/mol. The molecule has 0 aliphatic rings. The predicted molar refractivity (Wildman–Crippen MR) is 76.4 cm³/mol. The van der Waals surface area contributed by atoms with Crippen LogP contribution in [0.3, 0.4) is 0 Å². The van der Waals surface area contributed by atoms with Gasteiger partial charge in [0.1, 0.15) is 11.6 Å². The van der Waals surface area contributed by atoms with Crippen LogP contribution in [0.15, 0.2) is 18.3 Å². The Morgan fingerprint density at radius 3 is 2.75 bits per heavy atom. The fraction of sp³-hybridized carbons (Fsp3) is 0.643. The number of nitrogens with zero attached hydrogens (tertiary/aromatic N) is 1. The van der Waals surface area contributed by atoms with Crippen LogP contribution in [0.2, 0.25) is 0 Å². The van der Waals surface area contributed by atoms with Gasteiger partial charge >= 0.3 is 0 Å². The van der Waals surface area contributed by atoms with Gasteiger partial charge in [-0.15, -0.1) is 0 Å². The first-order chi connectivity index (χ1) is 9.57. The second-order valence-corrected chi connectivity index (χ2v) is 4.70. The van der Waals surface area contributed by atoms with Crippen LogP contribution in [0.5, 0.6) is 5.75 Å². The van der Waals surface area contributed by atoms with Crippen molar-refractivity contribution in [1.82, 2.24) is 4.98 Å². The Labute approximate surface area is 118 Å². The van der Waals surface area contributed by atoms with E-state index < -0.39 is 12.5 Å². The lowest BCUT2D eigenvalue weighted by Crippen LogP contribution is -2.25. The van der Waals surface area contributed by atoms with Crippen molar-refractivity contribution >= 4 is 5.82 Å². The summed E-state index contributed by atoms with van der Waals surface area (Å²) in [5, 5.41) is 3.13. The molecule has 0 fully saturated rings. The summed E-state index contributed by atoms with van der Waals surface area (Å²) in [6.45, 7) is 2.58. The fourth-order valence-corrected chi connectivity index (χ4v) is 1.68. The van der Waals surface area contributed by atoms with Crippen molar-refractivity contribution in [1.29, 1.82) is 0 Å². The number of rotatable bonds is 10. The normalized spacial score (nSPS) is 11.4. The summed E-state index contributed by atoms with van der Waals surface area (Å²) in [7, 11) is 0. The van der Waals surface area contributed by atoms with Gasteiger partial charge < -0.3 is 15.8 Å². The molecule has 114 valence electrons. The molecule has 0 aliphatic heterocycles. The SMILES string of the molecule is CCCC(F)(F)COc1ccc(NCCCCN)nc1. The number of anilines is 1. The minimum atomic E-state index is -2.78. The van der Waals surface area contributed by atoms with E-state index in [0.29, 0.717) is 24.5 Å². The van der Waals surface area contributed by atoms with Gasteiger partial charge in [0.05, 0.1) is 6.20 Å².